The second-order valence-electron chi connectivity index (χ2n) is 6.67. The first-order valence-electron chi connectivity index (χ1n) is 7.86. The molecule has 1 atom stereocenters. The number of aromatic carboxylic acids is 1. The quantitative estimate of drug-likeness (QED) is 0.778. The van der Waals surface area contributed by atoms with Gasteiger partial charge in [0.1, 0.15) is 11.2 Å². The summed E-state index contributed by atoms with van der Waals surface area (Å²) in [6.07, 6.45) is 1.56. The van der Waals surface area contributed by atoms with Crippen molar-refractivity contribution in [2.45, 2.75) is 53.1 Å². The van der Waals surface area contributed by atoms with Crippen molar-refractivity contribution in [3.8, 4) is 0 Å². The number of carbonyl (C=O) groups excluding carboxylic acids is 1. The largest absolute Gasteiger partial charge is 0.478 e. The number of carboxylic acids is 1. The number of hydrogen-bond acceptors (Lipinski definition) is 5. The van der Waals surface area contributed by atoms with E-state index in [-0.39, 0.29) is 28.9 Å². The van der Waals surface area contributed by atoms with Crippen LogP contribution in [-0.4, -0.2) is 39.4 Å². The van der Waals surface area contributed by atoms with E-state index in [2.05, 4.69) is 15.3 Å². The Kier molecular flexibility index (Phi) is 6.20. The fourth-order valence-electron chi connectivity index (χ4n) is 1.97. The Hall–Kier alpha value is -2.28. The van der Waals surface area contributed by atoms with E-state index in [0.717, 1.165) is 5.56 Å². The molecule has 2 heterocycles. The predicted octanol–water partition coefficient (Wildman–Crippen LogP) is 1.73. The summed E-state index contributed by atoms with van der Waals surface area (Å²) in [6, 6.07) is 1.85. The average molecular weight is 334 g/mol. The van der Waals surface area contributed by atoms with Gasteiger partial charge in [0, 0.05) is 6.20 Å². The standard InChI is InChI=1S/C14H17N3O3.C3H9N/c1-7(2)14(4)13(20)16-11(17-14)10-9(12(18)19)5-8(3)6-15-10;1-3(2)4/h5-7H,1-4H3,(H,18,19)(H,16,17,20);3H,4H2,1-2H3. The summed E-state index contributed by atoms with van der Waals surface area (Å²) in [6.45, 7) is 11.2. The van der Waals surface area contributed by atoms with Gasteiger partial charge in [-0.2, -0.15) is 0 Å². The maximum atomic E-state index is 12.1. The molecule has 7 heteroatoms. The minimum atomic E-state index is -1.09. The minimum absolute atomic E-state index is 0.00118. The summed E-state index contributed by atoms with van der Waals surface area (Å²) < 4.78 is 0. The van der Waals surface area contributed by atoms with E-state index in [9.17, 15) is 14.7 Å². The molecule has 1 aliphatic rings. The maximum absolute atomic E-state index is 12.1. The number of hydrogen-bond donors (Lipinski definition) is 3. The third-order valence-electron chi connectivity index (χ3n) is 3.64. The Morgan fingerprint density at radius 2 is 1.88 bits per heavy atom. The number of nitrogens with zero attached hydrogens (tertiary/aromatic N) is 2. The van der Waals surface area contributed by atoms with Crippen molar-refractivity contribution in [3.05, 3.63) is 29.1 Å². The molecule has 1 amide bonds. The second kappa shape index (κ2) is 7.53. The number of carbonyl (C=O) groups is 2. The summed E-state index contributed by atoms with van der Waals surface area (Å²) in [7, 11) is 0. The Morgan fingerprint density at radius 1 is 1.33 bits per heavy atom. The monoisotopic (exact) mass is 334 g/mol. The number of nitrogens with two attached hydrogens (primary N) is 1. The van der Waals surface area contributed by atoms with E-state index in [4.69, 9.17) is 5.73 Å². The Morgan fingerprint density at radius 3 is 2.29 bits per heavy atom. The van der Waals surface area contributed by atoms with Crippen molar-refractivity contribution in [2.24, 2.45) is 16.6 Å². The number of amidine groups is 1. The number of aliphatic imine (C=N–C) groups is 1. The molecule has 0 spiro atoms. The van der Waals surface area contributed by atoms with E-state index >= 15 is 0 Å². The first-order valence-corrected chi connectivity index (χ1v) is 7.86. The molecule has 24 heavy (non-hydrogen) atoms. The van der Waals surface area contributed by atoms with Gasteiger partial charge in [-0.25, -0.2) is 9.79 Å². The van der Waals surface area contributed by atoms with Gasteiger partial charge < -0.3 is 16.2 Å². The number of aromatic nitrogens is 1. The Balaban J connectivity index is 0.000000648. The molecule has 7 nitrogen and oxygen atoms in total. The van der Waals surface area contributed by atoms with Gasteiger partial charge in [-0.1, -0.05) is 27.7 Å². The molecule has 4 N–H and O–H groups in total. The van der Waals surface area contributed by atoms with Gasteiger partial charge in [0.05, 0.1) is 5.56 Å². The molecule has 0 radical (unpaired) electrons. The second-order valence-corrected chi connectivity index (χ2v) is 6.67. The molecule has 1 aliphatic heterocycles. The van der Waals surface area contributed by atoms with Crippen LogP contribution in [0.25, 0.3) is 0 Å². The van der Waals surface area contributed by atoms with E-state index in [0.29, 0.717) is 6.04 Å². The third-order valence-corrected chi connectivity index (χ3v) is 3.64. The van der Waals surface area contributed by atoms with E-state index in [1.54, 1.807) is 20.0 Å². The van der Waals surface area contributed by atoms with Gasteiger partial charge >= 0.3 is 5.97 Å². The fourth-order valence-corrected chi connectivity index (χ4v) is 1.97. The highest BCUT2D eigenvalue weighted by Gasteiger charge is 2.43. The molecule has 0 saturated heterocycles. The molecular formula is C17H26N4O3. The van der Waals surface area contributed by atoms with Gasteiger partial charge in [-0.05, 0) is 37.4 Å². The van der Waals surface area contributed by atoms with Gasteiger partial charge in [0.15, 0.2) is 5.84 Å². The molecule has 0 bridgehead atoms. The van der Waals surface area contributed by atoms with Crippen molar-refractivity contribution in [1.82, 2.24) is 10.3 Å². The fraction of sp³-hybridized carbons (Fsp3) is 0.529. The van der Waals surface area contributed by atoms with E-state index < -0.39 is 11.5 Å². The van der Waals surface area contributed by atoms with Gasteiger partial charge in [0.25, 0.3) is 5.91 Å². The van der Waals surface area contributed by atoms with Crippen molar-refractivity contribution < 1.29 is 14.7 Å². The molecule has 0 saturated carbocycles. The summed E-state index contributed by atoms with van der Waals surface area (Å²) in [5, 5.41) is 11.9. The summed E-state index contributed by atoms with van der Waals surface area (Å²) in [4.78, 5) is 31.9. The number of rotatable bonds is 3. The molecule has 2 rings (SSSR count). The first-order chi connectivity index (χ1) is 11.0. The van der Waals surface area contributed by atoms with Crippen molar-refractivity contribution in [1.29, 1.82) is 0 Å². The van der Waals surface area contributed by atoms with E-state index in [1.165, 1.54) is 6.07 Å². The van der Waals surface area contributed by atoms with Crippen LogP contribution in [0.4, 0.5) is 0 Å². The SMILES string of the molecule is CC(C)N.Cc1cnc(C2=NC(C)(C(C)C)C(=O)N2)c(C(=O)O)c1. The van der Waals surface area contributed by atoms with Gasteiger partial charge in [-0.15, -0.1) is 0 Å². The van der Waals surface area contributed by atoms with Gasteiger partial charge in [0.2, 0.25) is 0 Å². The van der Waals surface area contributed by atoms with Crippen LogP contribution in [0.15, 0.2) is 17.3 Å². The highest BCUT2D eigenvalue weighted by molar-refractivity contribution is 6.17. The summed E-state index contributed by atoms with van der Waals surface area (Å²) in [5.41, 5.74) is 5.19. The van der Waals surface area contributed by atoms with Crippen LogP contribution >= 0.6 is 0 Å². The normalized spacial score (nSPS) is 19.7. The molecule has 0 fully saturated rings. The summed E-state index contributed by atoms with van der Waals surface area (Å²) in [5.74, 6) is -1.10. The maximum Gasteiger partial charge on any atom is 0.338 e. The highest BCUT2D eigenvalue weighted by Crippen LogP contribution is 2.27. The number of amides is 1. The van der Waals surface area contributed by atoms with Crippen LogP contribution in [0.3, 0.4) is 0 Å². The lowest BCUT2D eigenvalue weighted by Gasteiger charge is -2.21. The lowest BCUT2D eigenvalue weighted by molar-refractivity contribution is -0.124. The zero-order valence-corrected chi connectivity index (χ0v) is 15.0. The van der Waals surface area contributed by atoms with Crippen LogP contribution in [0.2, 0.25) is 0 Å². The lowest BCUT2D eigenvalue weighted by atomic mass is 9.89. The molecule has 132 valence electrons. The van der Waals surface area contributed by atoms with Gasteiger partial charge in [-0.3, -0.25) is 9.78 Å². The van der Waals surface area contributed by atoms with Crippen molar-refractivity contribution >= 4 is 17.7 Å². The Labute approximate surface area is 142 Å². The predicted molar refractivity (Wildman–Crippen MR) is 93.2 cm³/mol. The average Bonchev–Trinajstić information content (AvgIpc) is 2.75. The number of aryl methyl sites for hydroxylation is 1. The van der Waals surface area contributed by atoms with Crippen LogP contribution in [0, 0.1) is 12.8 Å². The molecule has 1 unspecified atom stereocenters. The topological polar surface area (TPSA) is 118 Å². The van der Waals surface area contributed by atoms with Crippen molar-refractivity contribution in [2.75, 3.05) is 0 Å². The molecule has 0 aliphatic carbocycles. The minimum Gasteiger partial charge on any atom is -0.478 e. The van der Waals surface area contributed by atoms with Crippen molar-refractivity contribution in [3.63, 3.8) is 0 Å². The number of carboxylic acid groups (broad SMARTS) is 1. The zero-order valence-electron chi connectivity index (χ0n) is 15.0. The smallest absolute Gasteiger partial charge is 0.338 e. The third kappa shape index (κ3) is 4.38. The van der Waals surface area contributed by atoms with Crippen LogP contribution in [0.1, 0.15) is 56.2 Å². The highest BCUT2D eigenvalue weighted by atomic mass is 16.4. The van der Waals surface area contributed by atoms with Crippen LogP contribution in [0.5, 0.6) is 0 Å². The molecule has 1 aromatic rings. The van der Waals surface area contributed by atoms with E-state index in [1.807, 2.05) is 27.7 Å². The Bertz CT molecular complexity index is 665. The number of nitrogens with one attached hydrogen (secondary N) is 1. The van der Waals surface area contributed by atoms with Crippen LogP contribution < -0.4 is 11.1 Å². The molecular weight excluding hydrogens is 308 g/mol. The first kappa shape index (κ1) is 19.8. The molecule has 0 aromatic carbocycles. The van der Waals surface area contributed by atoms with Crippen LogP contribution in [-0.2, 0) is 4.79 Å². The number of pyridine rings is 1. The summed E-state index contributed by atoms with van der Waals surface area (Å²) >= 11 is 0. The lowest BCUT2D eigenvalue weighted by Crippen LogP contribution is -2.41. The molecule has 1 aromatic heterocycles. The zero-order chi connectivity index (χ0) is 18.7.